The molecule has 0 fully saturated rings. The molecule has 20 heavy (non-hydrogen) atoms. The Morgan fingerprint density at radius 2 is 1.75 bits per heavy atom. The Kier molecular flexibility index (Phi) is 4.39. The molecule has 2 aromatic rings. The summed E-state index contributed by atoms with van der Waals surface area (Å²) >= 11 is 0. The van der Waals surface area contributed by atoms with Crippen molar-refractivity contribution >= 4 is 12.0 Å². The van der Waals surface area contributed by atoms with Crippen molar-refractivity contribution in [2.75, 3.05) is 7.05 Å². The van der Waals surface area contributed by atoms with E-state index in [9.17, 15) is 9.90 Å². The Morgan fingerprint density at radius 3 is 2.40 bits per heavy atom. The Labute approximate surface area is 117 Å². The van der Waals surface area contributed by atoms with Crippen molar-refractivity contribution in [2.45, 2.75) is 0 Å². The van der Waals surface area contributed by atoms with Crippen molar-refractivity contribution in [2.24, 2.45) is 0 Å². The van der Waals surface area contributed by atoms with Gasteiger partial charge in [0.05, 0.1) is 0 Å². The highest BCUT2D eigenvalue weighted by atomic mass is 16.5. The van der Waals surface area contributed by atoms with E-state index in [1.54, 1.807) is 25.3 Å². The monoisotopic (exact) mass is 269 g/mol. The third kappa shape index (κ3) is 3.38. The molecule has 102 valence electrons. The fraction of sp³-hybridized carbons (Fsp3) is 0.0625. The number of aromatic hydroxyl groups is 1. The summed E-state index contributed by atoms with van der Waals surface area (Å²) in [6.45, 7) is 0. The molecule has 0 bridgehead atoms. The standard InChI is InChI=1S/C16H15NO3/c1-17-13(11-12-7-3-2-4-8-12)16(19)20-15-10-6-5-9-14(15)18/h2-11,17-18H,1H3/b13-11-. The SMILES string of the molecule is CN/C(=C\c1ccccc1)C(=O)Oc1ccccc1O. The van der Waals surface area contributed by atoms with E-state index in [4.69, 9.17) is 4.74 Å². The van der Waals surface area contributed by atoms with Gasteiger partial charge < -0.3 is 15.2 Å². The van der Waals surface area contributed by atoms with Crippen molar-refractivity contribution in [1.29, 1.82) is 0 Å². The first-order valence-corrected chi connectivity index (χ1v) is 6.15. The third-order valence-corrected chi connectivity index (χ3v) is 2.67. The summed E-state index contributed by atoms with van der Waals surface area (Å²) in [5.74, 6) is -0.499. The Hall–Kier alpha value is -2.75. The van der Waals surface area contributed by atoms with Crippen LogP contribution in [0.25, 0.3) is 6.08 Å². The van der Waals surface area contributed by atoms with Gasteiger partial charge in [0.1, 0.15) is 5.70 Å². The summed E-state index contributed by atoms with van der Waals surface area (Å²) < 4.78 is 5.15. The number of para-hydroxylation sites is 2. The number of benzene rings is 2. The minimum Gasteiger partial charge on any atom is -0.504 e. The van der Waals surface area contributed by atoms with E-state index < -0.39 is 5.97 Å². The van der Waals surface area contributed by atoms with E-state index in [0.717, 1.165) is 5.56 Å². The van der Waals surface area contributed by atoms with E-state index >= 15 is 0 Å². The lowest BCUT2D eigenvalue weighted by Crippen LogP contribution is -2.21. The minimum absolute atomic E-state index is 0.0731. The lowest BCUT2D eigenvalue weighted by atomic mass is 10.2. The van der Waals surface area contributed by atoms with Crippen LogP contribution in [0.2, 0.25) is 0 Å². The molecule has 2 N–H and O–H groups in total. The predicted molar refractivity (Wildman–Crippen MR) is 77.2 cm³/mol. The smallest absolute Gasteiger partial charge is 0.359 e. The second-order valence-corrected chi connectivity index (χ2v) is 4.08. The lowest BCUT2D eigenvalue weighted by Gasteiger charge is -2.08. The van der Waals surface area contributed by atoms with Crippen LogP contribution in [-0.4, -0.2) is 18.1 Å². The van der Waals surface area contributed by atoms with Gasteiger partial charge in [0.15, 0.2) is 11.5 Å². The highest BCUT2D eigenvalue weighted by Gasteiger charge is 2.12. The molecule has 4 nitrogen and oxygen atoms in total. The van der Waals surface area contributed by atoms with Crippen molar-refractivity contribution in [1.82, 2.24) is 5.32 Å². The molecular weight excluding hydrogens is 254 g/mol. The molecule has 0 aromatic heterocycles. The maximum absolute atomic E-state index is 12.0. The van der Waals surface area contributed by atoms with Gasteiger partial charge >= 0.3 is 5.97 Å². The van der Waals surface area contributed by atoms with Crippen LogP contribution in [-0.2, 0) is 4.79 Å². The van der Waals surface area contributed by atoms with Gasteiger partial charge in [-0.1, -0.05) is 42.5 Å². The minimum atomic E-state index is -0.558. The van der Waals surface area contributed by atoms with Gasteiger partial charge in [-0.15, -0.1) is 0 Å². The summed E-state index contributed by atoms with van der Waals surface area (Å²) in [5.41, 5.74) is 1.19. The average molecular weight is 269 g/mol. The van der Waals surface area contributed by atoms with Crippen LogP contribution >= 0.6 is 0 Å². The Balaban J connectivity index is 2.18. The lowest BCUT2D eigenvalue weighted by molar-refractivity contribution is -0.130. The summed E-state index contributed by atoms with van der Waals surface area (Å²) in [7, 11) is 1.64. The number of rotatable bonds is 4. The third-order valence-electron chi connectivity index (χ3n) is 2.67. The van der Waals surface area contributed by atoms with Crippen LogP contribution < -0.4 is 10.1 Å². The zero-order chi connectivity index (χ0) is 14.4. The van der Waals surface area contributed by atoms with Crippen LogP contribution in [0.4, 0.5) is 0 Å². The van der Waals surface area contributed by atoms with Crippen molar-refractivity contribution in [3.8, 4) is 11.5 Å². The van der Waals surface area contributed by atoms with Gasteiger partial charge in [-0.3, -0.25) is 0 Å². The van der Waals surface area contributed by atoms with Crippen LogP contribution in [0.5, 0.6) is 11.5 Å². The zero-order valence-electron chi connectivity index (χ0n) is 11.0. The number of nitrogens with one attached hydrogen (secondary N) is 1. The molecule has 0 radical (unpaired) electrons. The second kappa shape index (κ2) is 6.43. The fourth-order valence-electron chi connectivity index (χ4n) is 1.65. The fourth-order valence-corrected chi connectivity index (χ4v) is 1.65. The molecule has 0 saturated carbocycles. The highest BCUT2D eigenvalue weighted by Crippen LogP contribution is 2.25. The number of carbonyl (C=O) groups is 1. The number of phenols is 1. The first-order chi connectivity index (χ1) is 9.70. The van der Waals surface area contributed by atoms with Crippen molar-refractivity contribution < 1.29 is 14.6 Å². The van der Waals surface area contributed by atoms with E-state index in [0.29, 0.717) is 5.70 Å². The Bertz CT molecular complexity index is 621. The highest BCUT2D eigenvalue weighted by molar-refractivity contribution is 5.94. The maximum Gasteiger partial charge on any atom is 0.359 e. The van der Waals surface area contributed by atoms with Gasteiger partial charge in [0.25, 0.3) is 0 Å². The summed E-state index contributed by atoms with van der Waals surface area (Å²) in [6, 6.07) is 15.8. The maximum atomic E-state index is 12.0. The number of hydrogen-bond donors (Lipinski definition) is 2. The molecular formula is C16H15NO3. The summed E-state index contributed by atoms with van der Waals surface area (Å²) in [4.78, 5) is 12.0. The topological polar surface area (TPSA) is 58.6 Å². The van der Waals surface area contributed by atoms with Gasteiger partial charge in [-0.25, -0.2) is 4.79 Å². The summed E-state index contributed by atoms with van der Waals surface area (Å²) in [5, 5.41) is 12.4. The molecule has 2 aromatic carbocycles. The number of phenolic OH excluding ortho intramolecular Hbond substituents is 1. The van der Waals surface area contributed by atoms with Crippen LogP contribution in [0.3, 0.4) is 0 Å². The molecule has 0 spiro atoms. The van der Waals surface area contributed by atoms with Crippen molar-refractivity contribution in [3.63, 3.8) is 0 Å². The number of hydrogen-bond acceptors (Lipinski definition) is 4. The largest absolute Gasteiger partial charge is 0.504 e. The van der Waals surface area contributed by atoms with Crippen molar-refractivity contribution in [3.05, 3.63) is 65.9 Å². The molecule has 0 unspecified atom stereocenters. The average Bonchev–Trinajstić information content (AvgIpc) is 2.48. The molecule has 4 heteroatoms. The quantitative estimate of drug-likeness (QED) is 0.509. The van der Waals surface area contributed by atoms with Gasteiger partial charge in [0, 0.05) is 7.05 Å². The van der Waals surface area contributed by atoms with Gasteiger partial charge in [0.2, 0.25) is 0 Å². The van der Waals surface area contributed by atoms with E-state index in [2.05, 4.69) is 5.32 Å². The molecule has 0 amide bonds. The molecule has 0 saturated heterocycles. The number of esters is 1. The molecule has 2 rings (SSSR count). The molecule has 0 aliphatic rings. The van der Waals surface area contributed by atoms with Crippen LogP contribution in [0.15, 0.2) is 60.3 Å². The van der Waals surface area contributed by atoms with Crippen LogP contribution in [0, 0.1) is 0 Å². The van der Waals surface area contributed by atoms with Gasteiger partial charge in [-0.05, 0) is 23.8 Å². The van der Waals surface area contributed by atoms with E-state index in [1.165, 1.54) is 12.1 Å². The normalized spacial score (nSPS) is 10.9. The molecule has 0 aliphatic carbocycles. The van der Waals surface area contributed by atoms with Crippen LogP contribution in [0.1, 0.15) is 5.56 Å². The first-order valence-electron chi connectivity index (χ1n) is 6.15. The molecule has 0 aliphatic heterocycles. The summed E-state index contributed by atoms with van der Waals surface area (Å²) in [6.07, 6.45) is 1.68. The number of ether oxygens (including phenoxy) is 1. The Morgan fingerprint density at radius 1 is 1.10 bits per heavy atom. The number of carbonyl (C=O) groups excluding carboxylic acids is 1. The zero-order valence-corrected chi connectivity index (χ0v) is 11.0. The first kappa shape index (κ1) is 13.7. The molecule has 0 atom stereocenters. The van der Waals surface area contributed by atoms with E-state index in [1.807, 2.05) is 30.3 Å². The predicted octanol–water partition coefficient (Wildman–Crippen LogP) is 2.56. The molecule has 0 heterocycles. The second-order valence-electron chi connectivity index (χ2n) is 4.08. The van der Waals surface area contributed by atoms with Gasteiger partial charge in [-0.2, -0.15) is 0 Å². The number of likely N-dealkylation sites (N-methyl/N-ethyl adjacent to an activating group) is 1. The van der Waals surface area contributed by atoms with E-state index in [-0.39, 0.29) is 11.5 Å².